The number of hydrogen-bond acceptors (Lipinski definition) is 2. The first-order valence-corrected chi connectivity index (χ1v) is 6.74. The minimum atomic E-state index is 0.506. The zero-order valence-electron chi connectivity index (χ0n) is 11.5. The third-order valence-corrected chi connectivity index (χ3v) is 3.81. The molecule has 3 rings (SSSR count). The summed E-state index contributed by atoms with van der Waals surface area (Å²) >= 11 is 0. The Balaban J connectivity index is 2.07. The zero-order valence-corrected chi connectivity index (χ0v) is 11.5. The average Bonchev–Trinajstić information content (AvgIpc) is 2.38. The number of ether oxygens (including phenoxy) is 1. The molecule has 1 heterocycles. The molecule has 0 N–H and O–H groups in total. The minimum Gasteiger partial charge on any atom is -0.457 e. The number of nitrogens with zero attached hydrogens (tertiary/aromatic N) is 1. The third-order valence-electron chi connectivity index (χ3n) is 3.81. The first kappa shape index (κ1) is 12.2. The van der Waals surface area contributed by atoms with E-state index < -0.39 is 0 Å². The molecule has 0 aliphatic carbocycles. The van der Waals surface area contributed by atoms with Crippen molar-refractivity contribution in [3.05, 3.63) is 59.7 Å². The predicted octanol–water partition coefficient (Wildman–Crippen LogP) is 3.51. The zero-order chi connectivity index (χ0) is 13.2. The van der Waals surface area contributed by atoms with Crippen molar-refractivity contribution >= 4 is 0 Å². The van der Waals surface area contributed by atoms with Crippen molar-refractivity contribution < 1.29 is 4.74 Å². The van der Waals surface area contributed by atoms with E-state index in [1.54, 1.807) is 0 Å². The van der Waals surface area contributed by atoms with Crippen LogP contribution >= 0.6 is 0 Å². The summed E-state index contributed by atoms with van der Waals surface area (Å²) in [6, 6.07) is 17.2. The number of para-hydroxylation sites is 2. The summed E-state index contributed by atoms with van der Waals surface area (Å²) in [6.07, 6.45) is 2.05. The van der Waals surface area contributed by atoms with E-state index in [1.807, 2.05) is 12.1 Å². The van der Waals surface area contributed by atoms with Gasteiger partial charge in [0.05, 0.1) is 0 Å². The number of rotatable bonds is 1. The van der Waals surface area contributed by atoms with E-state index in [0.29, 0.717) is 6.04 Å². The van der Waals surface area contributed by atoms with Gasteiger partial charge in [0.15, 0.2) is 0 Å². The van der Waals surface area contributed by atoms with Crippen LogP contribution in [0.2, 0.25) is 0 Å². The molecular formula is C17H19NO. The van der Waals surface area contributed by atoms with Crippen LogP contribution in [0.3, 0.4) is 0 Å². The highest BCUT2D eigenvalue weighted by Gasteiger charge is 2.20. The van der Waals surface area contributed by atoms with Gasteiger partial charge in [-0.3, -0.25) is 0 Å². The lowest BCUT2D eigenvalue weighted by Gasteiger charge is -2.28. The van der Waals surface area contributed by atoms with Crippen LogP contribution in [0.15, 0.2) is 48.5 Å². The molecule has 0 aromatic heterocycles. The number of fused-ring (bicyclic) bond motifs is 2. The van der Waals surface area contributed by atoms with Gasteiger partial charge < -0.3 is 9.64 Å². The van der Waals surface area contributed by atoms with E-state index in [2.05, 4.69) is 55.4 Å². The quantitative estimate of drug-likeness (QED) is 0.771. The van der Waals surface area contributed by atoms with Gasteiger partial charge in [-0.25, -0.2) is 0 Å². The Morgan fingerprint density at radius 3 is 1.79 bits per heavy atom. The second kappa shape index (κ2) is 5.06. The SMILES string of the molecule is CN(C)C1Cc2ccccc2Oc2ccccc2C1. The molecule has 2 nitrogen and oxygen atoms in total. The van der Waals surface area contributed by atoms with Gasteiger partial charge in [-0.15, -0.1) is 0 Å². The fourth-order valence-electron chi connectivity index (χ4n) is 2.61. The molecule has 98 valence electrons. The summed E-state index contributed by atoms with van der Waals surface area (Å²) in [5.41, 5.74) is 2.58. The molecule has 0 fully saturated rings. The topological polar surface area (TPSA) is 12.5 Å². The summed E-state index contributed by atoms with van der Waals surface area (Å²) in [7, 11) is 4.30. The molecule has 0 atom stereocenters. The van der Waals surface area contributed by atoms with E-state index >= 15 is 0 Å². The Hall–Kier alpha value is -1.80. The van der Waals surface area contributed by atoms with Crippen LogP contribution in [0, 0.1) is 0 Å². The fraction of sp³-hybridized carbons (Fsp3) is 0.294. The smallest absolute Gasteiger partial charge is 0.130 e. The second-order valence-electron chi connectivity index (χ2n) is 5.34. The van der Waals surface area contributed by atoms with E-state index in [0.717, 1.165) is 24.3 Å². The standard InChI is InChI=1S/C17H19NO/c1-18(2)15-11-13-7-3-5-9-16(13)19-17-10-6-4-8-14(17)12-15/h3-10,15H,11-12H2,1-2H3. The van der Waals surface area contributed by atoms with Gasteiger partial charge in [0, 0.05) is 6.04 Å². The summed E-state index contributed by atoms with van der Waals surface area (Å²) in [5.74, 6) is 1.98. The van der Waals surface area contributed by atoms with Crippen molar-refractivity contribution in [2.45, 2.75) is 18.9 Å². The molecular weight excluding hydrogens is 234 g/mol. The molecule has 2 aromatic rings. The highest BCUT2D eigenvalue weighted by atomic mass is 16.5. The number of hydrogen-bond donors (Lipinski definition) is 0. The van der Waals surface area contributed by atoms with Crippen LogP contribution in [-0.4, -0.2) is 25.0 Å². The second-order valence-corrected chi connectivity index (χ2v) is 5.34. The Morgan fingerprint density at radius 1 is 0.842 bits per heavy atom. The van der Waals surface area contributed by atoms with Gasteiger partial charge in [0.2, 0.25) is 0 Å². The average molecular weight is 253 g/mol. The van der Waals surface area contributed by atoms with Crippen molar-refractivity contribution in [3.63, 3.8) is 0 Å². The Labute approximate surface area is 114 Å². The fourth-order valence-corrected chi connectivity index (χ4v) is 2.61. The molecule has 1 aliphatic rings. The molecule has 0 spiro atoms. The maximum absolute atomic E-state index is 6.09. The summed E-state index contributed by atoms with van der Waals surface area (Å²) < 4.78 is 6.09. The summed E-state index contributed by atoms with van der Waals surface area (Å²) in [4.78, 5) is 2.30. The van der Waals surface area contributed by atoms with Crippen LogP contribution in [0.4, 0.5) is 0 Å². The highest BCUT2D eigenvalue weighted by Crippen LogP contribution is 2.33. The maximum atomic E-state index is 6.09. The monoisotopic (exact) mass is 253 g/mol. The van der Waals surface area contributed by atoms with Gasteiger partial charge in [-0.1, -0.05) is 36.4 Å². The van der Waals surface area contributed by atoms with Gasteiger partial charge in [0.1, 0.15) is 11.5 Å². The van der Waals surface area contributed by atoms with Gasteiger partial charge in [0.25, 0.3) is 0 Å². The Kier molecular flexibility index (Phi) is 3.26. The number of likely N-dealkylation sites (N-methyl/N-ethyl adjacent to an activating group) is 1. The lowest BCUT2D eigenvalue weighted by molar-refractivity contribution is 0.281. The van der Waals surface area contributed by atoms with E-state index in [4.69, 9.17) is 4.74 Å². The largest absolute Gasteiger partial charge is 0.457 e. The summed E-state index contributed by atoms with van der Waals surface area (Å²) in [6.45, 7) is 0. The molecule has 2 heteroatoms. The van der Waals surface area contributed by atoms with Crippen LogP contribution in [-0.2, 0) is 12.8 Å². The van der Waals surface area contributed by atoms with Crippen molar-refractivity contribution in [2.75, 3.05) is 14.1 Å². The molecule has 0 amide bonds. The summed E-state index contributed by atoms with van der Waals surface area (Å²) in [5, 5.41) is 0. The van der Waals surface area contributed by atoms with Crippen LogP contribution < -0.4 is 4.74 Å². The molecule has 0 saturated carbocycles. The Morgan fingerprint density at radius 2 is 1.32 bits per heavy atom. The third kappa shape index (κ3) is 2.49. The van der Waals surface area contributed by atoms with E-state index in [1.165, 1.54) is 11.1 Å². The lowest BCUT2D eigenvalue weighted by atomic mass is 9.95. The lowest BCUT2D eigenvalue weighted by Crippen LogP contribution is -2.33. The molecule has 1 aliphatic heterocycles. The van der Waals surface area contributed by atoms with E-state index in [9.17, 15) is 0 Å². The Bertz CT molecular complexity index is 529. The van der Waals surface area contributed by atoms with Crippen molar-refractivity contribution in [2.24, 2.45) is 0 Å². The molecule has 0 saturated heterocycles. The van der Waals surface area contributed by atoms with E-state index in [-0.39, 0.29) is 0 Å². The van der Waals surface area contributed by atoms with Gasteiger partial charge >= 0.3 is 0 Å². The van der Waals surface area contributed by atoms with Crippen molar-refractivity contribution in [1.82, 2.24) is 4.90 Å². The van der Waals surface area contributed by atoms with Crippen LogP contribution in [0.1, 0.15) is 11.1 Å². The predicted molar refractivity (Wildman–Crippen MR) is 77.8 cm³/mol. The normalized spacial score (nSPS) is 15.1. The van der Waals surface area contributed by atoms with Crippen LogP contribution in [0.25, 0.3) is 0 Å². The molecule has 2 aromatic carbocycles. The number of benzene rings is 2. The van der Waals surface area contributed by atoms with Gasteiger partial charge in [-0.2, -0.15) is 0 Å². The van der Waals surface area contributed by atoms with Crippen molar-refractivity contribution in [3.8, 4) is 11.5 Å². The first-order valence-electron chi connectivity index (χ1n) is 6.74. The van der Waals surface area contributed by atoms with Crippen LogP contribution in [0.5, 0.6) is 11.5 Å². The van der Waals surface area contributed by atoms with Gasteiger partial charge in [-0.05, 0) is 50.2 Å². The molecule has 19 heavy (non-hydrogen) atoms. The molecule has 0 radical (unpaired) electrons. The van der Waals surface area contributed by atoms with Crippen molar-refractivity contribution in [1.29, 1.82) is 0 Å². The minimum absolute atomic E-state index is 0.506. The highest BCUT2D eigenvalue weighted by molar-refractivity contribution is 5.43. The molecule has 0 bridgehead atoms. The first-order chi connectivity index (χ1) is 9.24. The maximum Gasteiger partial charge on any atom is 0.130 e. The molecule has 0 unspecified atom stereocenters.